The lowest BCUT2D eigenvalue weighted by atomic mass is 9.92. The van der Waals surface area contributed by atoms with E-state index in [9.17, 15) is 13.2 Å². The van der Waals surface area contributed by atoms with Crippen LogP contribution in [0, 0.1) is 5.92 Å². The number of rotatable bonds is 8. The number of benzene rings is 1. The van der Waals surface area contributed by atoms with Gasteiger partial charge >= 0.3 is 6.18 Å². The maximum atomic E-state index is 14.0. The standard InChI is InChI=1S/C27H37F3N2/c1-4-19(3)26(25-12-9-17-31-25)32-24(5-2)22-16-15-21(23(18-22)27(28,29)30)14-13-20-10-7-6-8-11-20/h5,10,15-16,18-19,25,31H,4,6-9,11-14,17H2,1-3H3/b24-5-,32-26?. The van der Waals surface area contributed by atoms with Crippen LogP contribution in [0.15, 0.2) is 40.9 Å². The maximum Gasteiger partial charge on any atom is 0.416 e. The fraction of sp³-hybridized carbons (Fsp3) is 0.593. The van der Waals surface area contributed by atoms with Gasteiger partial charge < -0.3 is 5.32 Å². The summed E-state index contributed by atoms with van der Waals surface area (Å²) in [5, 5.41) is 3.50. The summed E-state index contributed by atoms with van der Waals surface area (Å²) >= 11 is 0. The highest BCUT2D eigenvalue weighted by atomic mass is 19.4. The van der Waals surface area contributed by atoms with Crippen LogP contribution in [-0.4, -0.2) is 18.3 Å². The van der Waals surface area contributed by atoms with Crippen LogP contribution in [0.1, 0.15) is 88.8 Å². The summed E-state index contributed by atoms with van der Waals surface area (Å²) in [5.41, 5.74) is 3.38. The zero-order valence-corrected chi connectivity index (χ0v) is 19.7. The zero-order valence-electron chi connectivity index (χ0n) is 19.7. The molecule has 176 valence electrons. The van der Waals surface area contributed by atoms with Crippen molar-refractivity contribution in [2.45, 2.75) is 90.8 Å². The molecule has 0 radical (unpaired) electrons. The van der Waals surface area contributed by atoms with Crippen LogP contribution in [0.25, 0.3) is 5.70 Å². The second kappa shape index (κ2) is 11.3. The number of hydrogen-bond acceptors (Lipinski definition) is 2. The van der Waals surface area contributed by atoms with Gasteiger partial charge in [0.05, 0.1) is 11.3 Å². The molecule has 2 aliphatic rings. The van der Waals surface area contributed by atoms with Crippen molar-refractivity contribution in [3.63, 3.8) is 0 Å². The van der Waals surface area contributed by atoms with Gasteiger partial charge in [0.2, 0.25) is 0 Å². The van der Waals surface area contributed by atoms with Crippen molar-refractivity contribution in [1.29, 1.82) is 0 Å². The van der Waals surface area contributed by atoms with E-state index in [0.29, 0.717) is 29.7 Å². The van der Waals surface area contributed by atoms with Crippen LogP contribution >= 0.6 is 0 Å². The Morgan fingerprint density at radius 3 is 2.62 bits per heavy atom. The van der Waals surface area contributed by atoms with E-state index in [1.54, 1.807) is 6.07 Å². The monoisotopic (exact) mass is 446 g/mol. The van der Waals surface area contributed by atoms with Gasteiger partial charge in [-0.25, -0.2) is 0 Å². The molecule has 0 bridgehead atoms. The Bertz CT molecular complexity index is 858. The Hall–Kier alpha value is -1.88. The predicted octanol–water partition coefficient (Wildman–Crippen LogP) is 7.74. The van der Waals surface area contributed by atoms with Gasteiger partial charge in [0.25, 0.3) is 0 Å². The molecule has 1 aliphatic heterocycles. The zero-order chi connectivity index (χ0) is 23.1. The molecule has 0 saturated carbocycles. The Morgan fingerprint density at radius 2 is 2.03 bits per heavy atom. The summed E-state index contributed by atoms with van der Waals surface area (Å²) < 4.78 is 41.9. The molecule has 0 amide bonds. The first kappa shape index (κ1) is 24.8. The highest BCUT2D eigenvalue weighted by molar-refractivity contribution is 5.95. The highest BCUT2D eigenvalue weighted by Gasteiger charge is 2.34. The summed E-state index contributed by atoms with van der Waals surface area (Å²) in [4.78, 5) is 4.93. The highest BCUT2D eigenvalue weighted by Crippen LogP contribution is 2.36. The number of allylic oxidation sites excluding steroid dienone is 3. The van der Waals surface area contributed by atoms with Gasteiger partial charge in [-0.05, 0) is 88.8 Å². The first-order valence-corrected chi connectivity index (χ1v) is 12.2. The molecule has 1 N–H and O–H groups in total. The molecule has 1 aromatic rings. The molecule has 3 rings (SSSR count). The average molecular weight is 447 g/mol. The number of aryl methyl sites for hydroxylation is 1. The predicted molar refractivity (Wildman–Crippen MR) is 128 cm³/mol. The van der Waals surface area contributed by atoms with E-state index >= 15 is 0 Å². The lowest BCUT2D eigenvalue weighted by Gasteiger charge is -2.21. The number of nitrogens with one attached hydrogen (secondary N) is 1. The molecule has 2 atom stereocenters. The number of nitrogens with zero attached hydrogens (tertiary/aromatic N) is 1. The minimum absolute atomic E-state index is 0.213. The van der Waals surface area contributed by atoms with Crippen LogP contribution in [-0.2, 0) is 12.6 Å². The lowest BCUT2D eigenvalue weighted by Crippen LogP contribution is -2.34. The smallest absolute Gasteiger partial charge is 0.309 e. The third-order valence-corrected chi connectivity index (χ3v) is 6.87. The van der Waals surface area contributed by atoms with Gasteiger partial charge in [0.15, 0.2) is 0 Å². The van der Waals surface area contributed by atoms with Crippen LogP contribution in [0.4, 0.5) is 13.2 Å². The molecule has 2 unspecified atom stereocenters. The van der Waals surface area contributed by atoms with Gasteiger partial charge in [-0.3, -0.25) is 4.99 Å². The van der Waals surface area contributed by atoms with Crippen molar-refractivity contribution in [1.82, 2.24) is 5.32 Å². The van der Waals surface area contributed by atoms with E-state index in [1.807, 2.05) is 19.1 Å². The van der Waals surface area contributed by atoms with Crippen molar-refractivity contribution in [2.75, 3.05) is 6.54 Å². The molecule has 1 saturated heterocycles. The van der Waals surface area contributed by atoms with Crippen molar-refractivity contribution >= 4 is 11.4 Å². The molecule has 0 aromatic heterocycles. The van der Waals surface area contributed by atoms with E-state index in [-0.39, 0.29) is 12.0 Å². The summed E-state index contributed by atoms with van der Waals surface area (Å²) in [6.45, 7) is 7.10. The molecule has 1 aliphatic carbocycles. The second-order valence-corrected chi connectivity index (χ2v) is 9.15. The molecular weight excluding hydrogens is 409 g/mol. The number of hydrogen-bond donors (Lipinski definition) is 1. The topological polar surface area (TPSA) is 24.4 Å². The van der Waals surface area contributed by atoms with E-state index in [2.05, 4.69) is 25.2 Å². The maximum absolute atomic E-state index is 14.0. The summed E-state index contributed by atoms with van der Waals surface area (Å²) in [6, 6.07) is 5.00. The van der Waals surface area contributed by atoms with Crippen LogP contribution in [0.2, 0.25) is 0 Å². The molecule has 0 spiro atoms. The molecular formula is C27H37F3N2. The number of aliphatic imine (C=N–C) groups is 1. The minimum atomic E-state index is -4.37. The Labute approximate surface area is 191 Å². The van der Waals surface area contributed by atoms with Crippen molar-refractivity contribution in [3.8, 4) is 0 Å². The molecule has 1 fully saturated rings. The average Bonchev–Trinajstić information content (AvgIpc) is 3.32. The van der Waals surface area contributed by atoms with Gasteiger partial charge in [-0.2, -0.15) is 13.2 Å². The normalized spacial score (nSPS) is 21.6. The summed E-state index contributed by atoms with van der Waals surface area (Å²) in [6.07, 6.45) is 8.31. The van der Waals surface area contributed by atoms with Gasteiger partial charge in [0.1, 0.15) is 0 Å². The quantitative estimate of drug-likeness (QED) is 0.320. The fourth-order valence-corrected chi connectivity index (χ4v) is 4.76. The second-order valence-electron chi connectivity index (χ2n) is 9.15. The summed E-state index contributed by atoms with van der Waals surface area (Å²) in [7, 11) is 0. The van der Waals surface area contributed by atoms with Crippen molar-refractivity contribution < 1.29 is 13.2 Å². The van der Waals surface area contributed by atoms with Gasteiger partial charge in [-0.15, -0.1) is 0 Å². The molecule has 2 nitrogen and oxygen atoms in total. The van der Waals surface area contributed by atoms with E-state index in [0.717, 1.165) is 50.8 Å². The third kappa shape index (κ3) is 6.34. The van der Waals surface area contributed by atoms with Gasteiger partial charge in [-0.1, -0.05) is 43.7 Å². The minimum Gasteiger partial charge on any atom is -0.309 e. The first-order chi connectivity index (χ1) is 15.3. The SMILES string of the molecule is C/C=C(\N=C(C(C)CC)C1CCCN1)c1ccc(CCC2=CCCCC2)c(C(F)(F)F)c1. The van der Waals surface area contributed by atoms with Crippen molar-refractivity contribution in [3.05, 3.63) is 52.6 Å². The Morgan fingerprint density at radius 1 is 1.22 bits per heavy atom. The number of alkyl halides is 3. The Kier molecular flexibility index (Phi) is 8.75. The van der Waals surface area contributed by atoms with Crippen molar-refractivity contribution in [2.24, 2.45) is 10.9 Å². The van der Waals surface area contributed by atoms with Crippen LogP contribution < -0.4 is 5.32 Å². The van der Waals surface area contributed by atoms with E-state index in [1.165, 1.54) is 18.1 Å². The third-order valence-electron chi connectivity index (χ3n) is 6.87. The van der Waals surface area contributed by atoms with Crippen LogP contribution in [0.3, 0.4) is 0 Å². The van der Waals surface area contributed by atoms with Crippen LogP contribution in [0.5, 0.6) is 0 Å². The number of halogens is 3. The van der Waals surface area contributed by atoms with E-state index in [4.69, 9.17) is 4.99 Å². The summed E-state index contributed by atoms with van der Waals surface area (Å²) in [5.74, 6) is 0.283. The largest absolute Gasteiger partial charge is 0.416 e. The van der Waals surface area contributed by atoms with Gasteiger partial charge in [0, 0.05) is 17.3 Å². The first-order valence-electron chi connectivity index (χ1n) is 12.2. The van der Waals surface area contributed by atoms with E-state index < -0.39 is 11.7 Å². The molecule has 32 heavy (non-hydrogen) atoms. The Balaban J connectivity index is 1.90. The molecule has 1 aromatic carbocycles. The molecule has 1 heterocycles. The molecule has 5 heteroatoms. The lowest BCUT2D eigenvalue weighted by molar-refractivity contribution is -0.138. The fourth-order valence-electron chi connectivity index (χ4n) is 4.76.